The largest absolute Gasteiger partial charge is 0.391 e. The average Bonchev–Trinajstić information content (AvgIpc) is 2.50. The first kappa shape index (κ1) is 15.5. The number of carbonyl (C=O) groups excluding carboxylic acids is 1. The Kier molecular flexibility index (Phi) is 5.20. The van der Waals surface area contributed by atoms with E-state index in [-0.39, 0.29) is 16.7 Å². The van der Waals surface area contributed by atoms with Gasteiger partial charge >= 0.3 is 0 Å². The van der Waals surface area contributed by atoms with E-state index in [2.05, 4.69) is 12.2 Å². The maximum absolute atomic E-state index is 12.3. The summed E-state index contributed by atoms with van der Waals surface area (Å²) in [5, 5.41) is 12.9. The number of hydrogen-bond acceptors (Lipinski definition) is 2. The number of amides is 1. The van der Waals surface area contributed by atoms with Crippen molar-refractivity contribution in [3.05, 3.63) is 0 Å². The average molecular weight is 255 g/mol. The van der Waals surface area contributed by atoms with Crippen molar-refractivity contribution in [3.8, 4) is 0 Å². The Morgan fingerprint density at radius 3 is 2.17 bits per heavy atom. The van der Waals surface area contributed by atoms with E-state index in [9.17, 15) is 9.90 Å². The van der Waals surface area contributed by atoms with Gasteiger partial charge in [-0.15, -0.1) is 0 Å². The Bertz CT molecular complexity index is 273. The molecule has 1 aliphatic carbocycles. The van der Waals surface area contributed by atoms with Gasteiger partial charge in [-0.05, 0) is 18.3 Å². The Morgan fingerprint density at radius 2 is 1.72 bits per heavy atom. The van der Waals surface area contributed by atoms with E-state index in [1.807, 2.05) is 20.8 Å². The van der Waals surface area contributed by atoms with Gasteiger partial charge < -0.3 is 10.4 Å². The van der Waals surface area contributed by atoms with Crippen LogP contribution >= 0.6 is 0 Å². The maximum Gasteiger partial charge on any atom is 0.226 e. The Labute approximate surface area is 111 Å². The van der Waals surface area contributed by atoms with Crippen molar-refractivity contribution in [3.63, 3.8) is 0 Å². The lowest BCUT2D eigenvalue weighted by atomic mass is 9.81. The van der Waals surface area contributed by atoms with Crippen LogP contribution in [0.3, 0.4) is 0 Å². The van der Waals surface area contributed by atoms with E-state index in [1.165, 1.54) is 12.8 Å². The molecule has 0 spiro atoms. The highest BCUT2D eigenvalue weighted by Crippen LogP contribution is 2.34. The van der Waals surface area contributed by atoms with Gasteiger partial charge in [0, 0.05) is 12.0 Å². The molecule has 3 heteroatoms. The maximum atomic E-state index is 12.3. The van der Waals surface area contributed by atoms with E-state index in [0.29, 0.717) is 6.54 Å². The molecule has 1 fully saturated rings. The summed E-state index contributed by atoms with van der Waals surface area (Å²) in [6, 6.07) is 0. The second-order valence-corrected chi connectivity index (χ2v) is 7.07. The highest BCUT2D eigenvalue weighted by atomic mass is 16.3. The van der Waals surface area contributed by atoms with Gasteiger partial charge in [0.15, 0.2) is 0 Å². The lowest BCUT2D eigenvalue weighted by molar-refractivity contribution is -0.131. The minimum Gasteiger partial charge on any atom is -0.391 e. The molecule has 0 aromatic heterocycles. The minimum absolute atomic E-state index is 0.118. The zero-order valence-corrected chi connectivity index (χ0v) is 12.4. The van der Waals surface area contributed by atoms with Gasteiger partial charge in [0.25, 0.3) is 0 Å². The number of nitrogens with one attached hydrogen (secondary N) is 1. The molecule has 1 aliphatic rings. The Balaban J connectivity index is 2.49. The van der Waals surface area contributed by atoms with Crippen LogP contribution in [-0.4, -0.2) is 23.7 Å². The monoisotopic (exact) mass is 255 g/mol. The minimum atomic E-state index is -0.490. The molecule has 2 N–H and O–H groups in total. The van der Waals surface area contributed by atoms with Gasteiger partial charge in [0.2, 0.25) is 5.91 Å². The molecule has 0 aromatic rings. The summed E-state index contributed by atoms with van der Waals surface area (Å²) >= 11 is 0. The van der Waals surface area contributed by atoms with Gasteiger partial charge in [0.1, 0.15) is 0 Å². The molecular formula is C15H29NO2. The molecule has 1 amide bonds. The third-order valence-electron chi connectivity index (χ3n) is 4.21. The van der Waals surface area contributed by atoms with Gasteiger partial charge in [-0.3, -0.25) is 4.79 Å². The van der Waals surface area contributed by atoms with E-state index in [4.69, 9.17) is 0 Å². The van der Waals surface area contributed by atoms with Crippen LogP contribution in [0, 0.1) is 10.8 Å². The van der Waals surface area contributed by atoms with Crippen LogP contribution in [0.4, 0.5) is 0 Å². The van der Waals surface area contributed by atoms with Gasteiger partial charge in [-0.25, -0.2) is 0 Å². The fourth-order valence-corrected chi connectivity index (χ4v) is 2.44. The van der Waals surface area contributed by atoms with Crippen LogP contribution in [0.5, 0.6) is 0 Å². The molecular weight excluding hydrogens is 226 g/mol. The molecule has 0 bridgehead atoms. The van der Waals surface area contributed by atoms with Gasteiger partial charge in [-0.2, -0.15) is 0 Å². The van der Waals surface area contributed by atoms with Crippen molar-refractivity contribution < 1.29 is 9.90 Å². The van der Waals surface area contributed by atoms with Crippen LogP contribution in [-0.2, 0) is 4.79 Å². The normalized spacial score (nSPS) is 22.1. The summed E-state index contributed by atoms with van der Waals surface area (Å²) in [4.78, 5) is 12.3. The highest BCUT2D eigenvalue weighted by molar-refractivity contribution is 5.82. The molecule has 0 aromatic carbocycles. The highest BCUT2D eigenvalue weighted by Gasteiger charge is 2.34. The molecule has 3 nitrogen and oxygen atoms in total. The molecule has 106 valence electrons. The topological polar surface area (TPSA) is 49.3 Å². The van der Waals surface area contributed by atoms with Crippen LogP contribution in [0.2, 0.25) is 0 Å². The molecule has 0 heterocycles. The van der Waals surface area contributed by atoms with E-state index < -0.39 is 6.10 Å². The number of aliphatic hydroxyl groups is 1. The number of rotatable bonds is 3. The van der Waals surface area contributed by atoms with Crippen LogP contribution in [0.1, 0.15) is 66.2 Å². The van der Waals surface area contributed by atoms with Crippen molar-refractivity contribution in [2.45, 2.75) is 72.3 Å². The SMILES string of the molecule is CC1(C(=O)NCC(O)C(C)(C)C)CCCCCC1. The molecule has 0 aliphatic heterocycles. The summed E-state index contributed by atoms with van der Waals surface area (Å²) in [5.74, 6) is 0.118. The van der Waals surface area contributed by atoms with E-state index in [0.717, 1.165) is 25.7 Å². The molecule has 1 atom stereocenters. The van der Waals surface area contributed by atoms with Crippen LogP contribution in [0.25, 0.3) is 0 Å². The van der Waals surface area contributed by atoms with Crippen LogP contribution in [0.15, 0.2) is 0 Å². The van der Waals surface area contributed by atoms with E-state index in [1.54, 1.807) is 0 Å². The van der Waals surface area contributed by atoms with Crippen molar-refractivity contribution in [2.24, 2.45) is 10.8 Å². The number of hydrogen-bond donors (Lipinski definition) is 2. The van der Waals surface area contributed by atoms with Crippen molar-refractivity contribution >= 4 is 5.91 Å². The number of aliphatic hydroxyl groups excluding tert-OH is 1. The molecule has 1 saturated carbocycles. The third kappa shape index (κ3) is 4.27. The number of carbonyl (C=O) groups is 1. The van der Waals surface area contributed by atoms with Crippen molar-refractivity contribution in [1.82, 2.24) is 5.32 Å². The third-order valence-corrected chi connectivity index (χ3v) is 4.21. The smallest absolute Gasteiger partial charge is 0.226 e. The van der Waals surface area contributed by atoms with Crippen molar-refractivity contribution in [2.75, 3.05) is 6.54 Å². The molecule has 1 unspecified atom stereocenters. The molecule has 0 radical (unpaired) electrons. The first-order valence-corrected chi connectivity index (χ1v) is 7.22. The molecule has 1 rings (SSSR count). The molecule has 18 heavy (non-hydrogen) atoms. The summed E-state index contributed by atoms with van der Waals surface area (Å²) in [7, 11) is 0. The predicted octanol–water partition coefficient (Wildman–Crippen LogP) is 2.87. The van der Waals surface area contributed by atoms with E-state index >= 15 is 0 Å². The summed E-state index contributed by atoms with van der Waals surface area (Å²) in [5.41, 5.74) is -0.411. The van der Waals surface area contributed by atoms with Gasteiger partial charge in [-0.1, -0.05) is 53.4 Å². The summed E-state index contributed by atoms with van der Waals surface area (Å²) < 4.78 is 0. The lowest BCUT2D eigenvalue weighted by Gasteiger charge is -2.30. The first-order valence-electron chi connectivity index (χ1n) is 7.22. The fraction of sp³-hybridized carbons (Fsp3) is 0.933. The zero-order valence-electron chi connectivity index (χ0n) is 12.4. The second-order valence-electron chi connectivity index (χ2n) is 7.07. The Morgan fingerprint density at radius 1 is 1.22 bits per heavy atom. The zero-order chi connectivity index (χ0) is 13.8. The predicted molar refractivity (Wildman–Crippen MR) is 74.3 cm³/mol. The van der Waals surface area contributed by atoms with Gasteiger partial charge in [0.05, 0.1) is 6.10 Å². The lowest BCUT2D eigenvalue weighted by Crippen LogP contribution is -2.45. The standard InChI is InChI=1S/C15H29NO2/c1-14(2,3)12(17)11-16-13(18)15(4)9-7-5-6-8-10-15/h12,17H,5-11H2,1-4H3,(H,16,18). The quantitative estimate of drug-likeness (QED) is 0.762. The first-order chi connectivity index (χ1) is 8.26. The second kappa shape index (κ2) is 6.05. The van der Waals surface area contributed by atoms with Crippen molar-refractivity contribution in [1.29, 1.82) is 0 Å². The summed E-state index contributed by atoms with van der Waals surface area (Å²) in [6.45, 7) is 8.38. The van der Waals surface area contributed by atoms with Crippen LogP contribution < -0.4 is 5.32 Å². The molecule has 0 saturated heterocycles. The Hall–Kier alpha value is -0.570. The summed E-state index contributed by atoms with van der Waals surface area (Å²) in [6.07, 6.45) is 6.24. The fourth-order valence-electron chi connectivity index (χ4n) is 2.44.